The lowest BCUT2D eigenvalue weighted by Crippen LogP contribution is -2.27. The van der Waals surface area contributed by atoms with Gasteiger partial charge < -0.3 is 25.7 Å². The Balaban J connectivity index is 1.95. The molecule has 228 valence electrons. The number of halogens is 1. The molecule has 0 amide bonds. The van der Waals surface area contributed by atoms with Gasteiger partial charge in [-0.2, -0.15) is 0 Å². The minimum Gasteiger partial charge on any atom is -0.487 e. The van der Waals surface area contributed by atoms with E-state index in [2.05, 4.69) is 20.7 Å². The zero-order valence-corrected chi connectivity index (χ0v) is 24.9. The summed E-state index contributed by atoms with van der Waals surface area (Å²) in [7, 11) is 0. The number of benzene rings is 3. The van der Waals surface area contributed by atoms with Gasteiger partial charge in [0.2, 0.25) is 0 Å². The van der Waals surface area contributed by atoms with Crippen LogP contribution in [-0.2, 0) is 13.0 Å². The summed E-state index contributed by atoms with van der Waals surface area (Å²) in [5.74, 6) is 10.6. The molecule has 0 bridgehead atoms. The molecule has 0 aliphatic carbocycles. The van der Waals surface area contributed by atoms with Crippen LogP contribution in [-0.4, -0.2) is 23.6 Å². The van der Waals surface area contributed by atoms with Crippen molar-refractivity contribution in [3.05, 3.63) is 116 Å². The molecule has 4 aromatic rings. The molecule has 5 N–H and O–H groups in total. The number of ether oxygens (including phenoxy) is 2. The minimum absolute atomic E-state index is 0.0653. The number of hydrogen-bond donors (Lipinski definition) is 3. The second-order valence-electron chi connectivity index (χ2n) is 10.1. The van der Waals surface area contributed by atoms with Crippen LogP contribution < -0.4 is 26.7 Å². The van der Waals surface area contributed by atoms with E-state index in [9.17, 15) is 9.18 Å². The zero-order chi connectivity index (χ0) is 31.6. The monoisotopic (exact) mass is 598 g/mol. The first-order valence-electron chi connectivity index (χ1n) is 14.0. The topological polar surface area (TPSA) is 166 Å². The van der Waals surface area contributed by atoms with Crippen LogP contribution in [0.15, 0.2) is 103 Å². The Labute approximate surface area is 254 Å². The second kappa shape index (κ2) is 14.7. The van der Waals surface area contributed by atoms with Crippen molar-refractivity contribution >= 4 is 16.7 Å². The number of aryl methyl sites for hydroxylation is 1. The van der Waals surface area contributed by atoms with Crippen LogP contribution in [0.3, 0.4) is 0 Å². The second-order valence-corrected chi connectivity index (χ2v) is 10.1. The smallest absolute Gasteiger partial charge is 0.255 e. The largest absolute Gasteiger partial charge is 0.487 e. The minimum atomic E-state index is -0.371. The molecular formula is C32H35FN8O3. The summed E-state index contributed by atoms with van der Waals surface area (Å²) in [6.45, 7) is 5.77. The van der Waals surface area contributed by atoms with Gasteiger partial charge in [0.25, 0.3) is 5.56 Å². The van der Waals surface area contributed by atoms with E-state index < -0.39 is 0 Å². The van der Waals surface area contributed by atoms with Gasteiger partial charge in [-0.3, -0.25) is 10.2 Å². The normalized spacial score (nSPS) is 12.2. The van der Waals surface area contributed by atoms with Crippen LogP contribution >= 0.6 is 0 Å². The van der Waals surface area contributed by atoms with Crippen LogP contribution in [0.5, 0.6) is 11.5 Å². The summed E-state index contributed by atoms with van der Waals surface area (Å²) in [6.07, 6.45) is 1.11. The maximum atomic E-state index is 14.2. The van der Waals surface area contributed by atoms with Crippen LogP contribution in [0.2, 0.25) is 0 Å². The van der Waals surface area contributed by atoms with E-state index in [4.69, 9.17) is 26.6 Å². The summed E-state index contributed by atoms with van der Waals surface area (Å²) in [6, 6.07) is 19.1. The molecule has 1 aromatic heterocycles. The van der Waals surface area contributed by atoms with Gasteiger partial charge >= 0.3 is 0 Å². The highest BCUT2D eigenvalue weighted by atomic mass is 19.1. The number of aromatic nitrogens is 1. The third-order valence-electron chi connectivity index (χ3n) is 7.27. The molecule has 0 saturated heterocycles. The quantitative estimate of drug-likeness (QED) is 0.0583. The number of fused-ring (bicyclic) bond motifs is 1. The molecule has 0 fully saturated rings. The standard InChI is InChI=1S/C32H35FN8O3/c1-4-20(2)27(37-39-35)18-43-25-15-28-31(29(16-25)44-19-30(34)38-40-36)21(3)26(14-22-8-6-5-7-9-22)32(42)41(28)17-23-10-12-24(33)13-11-23/h5-13,15-16H,4,14,17-19H2,1-3H3,(H2,35,37)(H3,34,36,38)/b27-20+. The molecular weight excluding hydrogens is 563 g/mol. The molecule has 0 atom stereocenters. The van der Waals surface area contributed by atoms with Gasteiger partial charge in [0.1, 0.15) is 36.2 Å². The van der Waals surface area contributed by atoms with Crippen LogP contribution in [0.25, 0.3) is 10.9 Å². The molecule has 1 heterocycles. The van der Waals surface area contributed by atoms with Crippen molar-refractivity contribution in [2.75, 3.05) is 13.2 Å². The first kappa shape index (κ1) is 31.5. The molecule has 11 nitrogen and oxygen atoms in total. The van der Waals surface area contributed by atoms with E-state index in [1.165, 1.54) is 12.1 Å². The fraction of sp³-hybridized carbons (Fsp3) is 0.250. The highest BCUT2D eigenvalue weighted by Gasteiger charge is 2.20. The van der Waals surface area contributed by atoms with E-state index in [0.29, 0.717) is 40.1 Å². The number of pyridine rings is 1. The Hall–Kier alpha value is -5.39. The Morgan fingerprint density at radius 1 is 0.955 bits per heavy atom. The zero-order valence-electron chi connectivity index (χ0n) is 24.9. The summed E-state index contributed by atoms with van der Waals surface area (Å²) in [5, 5.41) is 22.8. The van der Waals surface area contributed by atoms with Gasteiger partial charge in [-0.1, -0.05) is 59.8 Å². The average molecular weight is 599 g/mol. The van der Waals surface area contributed by atoms with Gasteiger partial charge in [0.05, 0.1) is 12.1 Å². The van der Waals surface area contributed by atoms with E-state index >= 15 is 0 Å². The maximum absolute atomic E-state index is 14.2. The van der Waals surface area contributed by atoms with Crippen molar-refractivity contribution in [3.63, 3.8) is 0 Å². The molecule has 3 aromatic carbocycles. The first-order valence-corrected chi connectivity index (χ1v) is 14.0. The molecule has 0 aliphatic rings. The molecule has 0 spiro atoms. The number of allylic oxidation sites excluding steroid dienone is 1. The van der Waals surface area contributed by atoms with Crippen LogP contribution in [0, 0.1) is 18.2 Å². The van der Waals surface area contributed by atoms with Crippen molar-refractivity contribution < 1.29 is 13.9 Å². The number of nitrogens with one attached hydrogen (secondary N) is 1. The third-order valence-corrected chi connectivity index (χ3v) is 7.27. The predicted molar refractivity (Wildman–Crippen MR) is 167 cm³/mol. The van der Waals surface area contributed by atoms with Gasteiger partial charge in [-0.15, -0.1) is 10.2 Å². The lowest BCUT2D eigenvalue weighted by Gasteiger charge is -2.20. The Bertz CT molecular complexity index is 1780. The fourth-order valence-electron chi connectivity index (χ4n) is 4.79. The molecule has 0 aliphatic heterocycles. The van der Waals surface area contributed by atoms with Crippen molar-refractivity contribution in [2.24, 2.45) is 32.4 Å². The van der Waals surface area contributed by atoms with E-state index in [-0.39, 0.29) is 37.0 Å². The van der Waals surface area contributed by atoms with Gasteiger partial charge in [-0.25, -0.2) is 4.39 Å². The predicted octanol–water partition coefficient (Wildman–Crippen LogP) is 6.16. The Kier molecular flexibility index (Phi) is 10.5. The summed E-state index contributed by atoms with van der Waals surface area (Å²) >= 11 is 0. The lowest BCUT2D eigenvalue weighted by atomic mass is 9.97. The lowest BCUT2D eigenvalue weighted by molar-refractivity contribution is 0.340. The van der Waals surface area contributed by atoms with Crippen LogP contribution in [0.1, 0.15) is 42.5 Å². The molecule has 0 unspecified atom stereocenters. The van der Waals surface area contributed by atoms with Crippen molar-refractivity contribution in [1.82, 2.24) is 4.57 Å². The SMILES string of the molecule is CC/C(C)=C(\COc1cc(OCC(=N)N=NN)c2c(C)c(Cc3ccccc3)c(=O)n(Cc3ccc(F)cc3)c2c1)N=NN. The number of hydrogen-bond acceptors (Lipinski definition) is 7. The fourth-order valence-corrected chi connectivity index (χ4v) is 4.79. The third kappa shape index (κ3) is 7.51. The highest BCUT2D eigenvalue weighted by Crippen LogP contribution is 2.35. The summed E-state index contributed by atoms with van der Waals surface area (Å²) in [4.78, 5) is 14.2. The van der Waals surface area contributed by atoms with Crippen LogP contribution in [0.4, 0.5) is 4.39 Å². The Morgan fingerprint density at radius 3 is 2.32 bits per heavy atom. The molecule has 44 heavy (non-hydrogen) atoms. The van der Waals surface area contributed by atoms with E-state index in [1.807, 2.05) is 51.1 Å². The number of amidine groups is 1. The number of nitrogens with zero attached hydrogens (tertiary/aromatic N) is 5. The summed E-state index contributed by atoms with van der Waals surface area (Å²) in [5.41, 5.74) is 4.85. The molecule has 0 radical (unpaired) electrons. The summed E-state index contributed by atoms with van der Waals surface area (Å²) < 4.78 is 27.6. The number of rotatable bonds is 12. The van der Waals surface area contributed by atoms with Crippen molar-refractivity contribution in [1.29, 1.82) is 5.41 Å². The van der Waals surface area contributed by atoms with Gasteiger partial charge in [0, 0.05) is 29.5 Å². The highest BCUT2D eigenvalue weighted by molar-refractivity contribution is 5.91. The molecule has 4 rings (SSSR count). The Morgan fingerprint density at radius 2 is 1.66 bits per heavy atom. The van der Waals surface area contributed by atoms with Crippen molar-refractivity contribution in [2.45, 2.75) is 40.2 Å². The number of nitrogens with two attached hydrogens (primary N) is 2. The van der Waals surface area contributed by atoms with E-state index in [1.54, 1.807) is 28.8 Å². The van der Waals surface area contributed by atoms with E-state index in [0.717, 1.165) is 28.7 Å². The van der Waals surface area contributed by atoms with Crippen molar-refractivity contribution in [3.8, 4) is 11.5 Å². The maximum Gasteiger partial charge on any atom is 0.255 e. The average Bonchev–Trinajstić information content (AvgIpc) is 3.03. The van der Waals surface area contributed by atoms with Gasteiger partial charge in [0.15, 0.2) is 5.84 Å². The van der Waals surface area contributed by atoms with Gasteiger partial charge in [-0.05, 0) is 54.7 Å². The molecule has 0 saturated carbocycles. The first-order chi connectivity index (χ1) is 21.2. The molecule has 12 heteroatoms.